The Morgan fingerprint density at radius 3 is 2.71 bits per heavy atom. The molecule has 0 aliphatic heterocycles. The fraction of sp³-hybridized carbons (Fsp3) is 0.571. The van der Waals surface area contributed by atoms with Crippen LogP contribution in [0.15, 0.2) is 30.3 Å². The van der Waals surface area contributed by atoms with E-state index in [1.165, 1.54) is 19.3 Å². The number of nitrogens with one attached hydrogen (secondary N) is 1. The second kappa shape index (κ2) is 6.74. The van der Waals surface area contributed by atoms with E-state index in [0.29, 0.717) is 25.8 Å². The summed E-state index contributed by atoms with van der Waals surface area (Å²) in [4.78, 5) is 0. The van der Waals surface area contributed by atoms with Crippen molar-refractivity contribution in [3.05, 3.63) is 35.9 Å². The van der Waals surface area contributed by atoms with Gasteiger partial charge in [-0.1, -0.05) is 36.8 Å². The predicted octanol–water partition coefficient (Wildman–Crippen LogP) is 1.71. The maximum absolute atomic E-state index is 9.71. The van der Waals surface area contributed by atoms with Gasteiger partial charge in [-0.2, -0.15) is 0 Å². The van der Waals surface area contributed by atoms with Gasteiger partial charge in [0, 0.05) is 12.6 Å². The molecule has 1 fully saturated rings. The lowest BCUT2D eigenvalue weighted by atomic mass is 9.93. The molecule has 3 nitrogen and oxygen atoms in total. The lowest BCUT2D eigenvalue weighted by Gasteiger charge is -2.27. The minimum atomic E-state index is -0.403. The first-order valence-electron chi connectivity index (χ1n) is 6.38. The molecule has 0 spiro atoms. The van der Waals surface area contributed by atoms with E-state index in [1.54, 1.807) is 0 Å². The lowest BCUT2D eigenvalue weighted by molar-refractivity contribution is 0.0263. The third kappa shape index (κ3) is 4.46. The molecular weight excluding hydrogens is 214 g/mol. The van der Waals surface area contributed by atoms with E-state index >= 15 is 0 Å². The number of hydrogen-bond donors (Lipinski definition) is 2. The first kappa shape index (κ1) is 12.6. The average molecular weight is 235 g/mol. The Morgan fingerprint density at radius 1 is 1.29 bits per heavy atom. The molecular formula is C14H21NO2. The smallest absolute Gasteiger partial charge is 0.0897 e. The molecule has 0 unspecified atom stereocenters. The van der Waals surface area contributed by atoms with E-state index in [2.05, 4.69) is 5.32 Å². The van der Waals surface area contributed by atoms with E-state index in [4.69, 9.17) is 4.74 Å². The molecule has 1 aliphatic carbocycles. The minimum absolute atomic E-state index is 0.397. The van der Waals surface area contributed by atoms with E-state index in [0.717, 1.165) is 5.56 Å². The first-order chi connectivity index (χ1) is 8.34. The highest BCUT2D eigenvalue weighted by Crippen LogP contribution is 2.17. The first-order valence-corrected chi connectivity index (χ1v) is 6.38. The zero-order valence-electron chi connectivity index (χ0n) is 10.1. The van der Waals surface area contributed by atoms with Crippen LogP contribution >= 0.6 is 0 Å². The standard InChI is InChI=1S/C14H21NO2/c16-14(9-15-13-7-4-8-13)11-17-10-12-5-2-1-3-6-12/h1-3,5-6,13-16H,4,7-11H2/t14-/m1/s1. The Balaban J connectivity index is 1.54. The lowest BCUT2D eigenvalue weighted by Crippen LogP contribution is -2.41. The van der Waals surface area contributed by atoms with Crippen LogP contribution in [0.3, 0.4) is 0 Å². The van der Waals surface area contributed by atoms with Crippen molar-refractivity contribution in [1.29, 1.82) is 0 Å². The van der Waals surface area contributed by atoms with Crippen LogP contribution in [-0.4, -0.2) is 30.4 Å². The normalized spacial score (nSPS) is 17.7. The molecule has 0 radical (unpaired) electrons. The van der Waals surface area contributed by atoms with Crippen molar-refractivity contribution in [2.45, 2.75) is 38.0 Å². The highest BCUT2D eigenvalue weighted by atomic mass is 16.5. The molecule has 0 amide bonds. The SMILES string of the molecule is O[C@H](CNC1CCC1)COCc1ccccc1. The van der Waals surface area contributed by atoms with Crippen molar-refractivity contribution in [1.82, 2.24) is 5.32 Å². The summed E-state index contributed by atoms with van der Waals surface area (Å²) in [6.07, 6.45) is 3.41. The third-order valence-electron chi connectivity index (χ3n) is 3.17. The molecule has 94 valence electrons. The molecule has 1 atom stereocenters. The summed E-state index contributed by atoms with van der Waals surface area (Å²) in [5, 5.41) is 13.0. The second-order valence-electron chi connectivity index (χ2n) is 4.69. The molecule has 17 heavy (non-hydrogen) atoms. The number of ether oxygens (including phenoxy) is 1. The van der Waals surface area contributed by atoms with Gasteiger partial charge in [-0.3, -0.25) is 0 Å². The van der Waals surface area contributed by atoms with Crippen LogP contribution in [-0.2, 0) is 11.3 Å². The Bertz CT molecular complexity index is 311. The number of aliphatic hydroxyl groups is 1. The topological polar surface area (TPSA) is 41.5 Å². The van der Waals surface area contributed by atoms with Gasteiger partial charge in [0.1, 0.15) is 0 Å². The van der Waals surface area contributed by atoms with Crippen LogP contribution in [0.1, 0.15) is 24.8 Å². The third-order valence-corrected chi connectivity index (χ3v) is 3.17. The summed E-state index contributed by atoms with van der Waals surface area (Å²) in [5.41, 5.74) is 1.15. The van der Waals surface area contributed by atoms with Gasteiger partial charge in [-0.15, -0.1) is 0 Å². The summed E-state index contributed by atoms with van der Waals surface area (Å²) in [5.74, 6) is 0. The van der Waals surface area contributed by atoms with Gasteiger partial charge >= 0.3 is 0 Å². The summed E-state index contributed by atoms with van der Waals surface area (Å²) in [6.45, 7) is 1.61. The summed E-state index contributed by atoms with van der Waals surface area (Å²) in [7, 11) is 0. The maximum Gasteiger partial charge on any atom is 0.0897 e. The van der Waals surface area contributed by atoms with Crippen LogP contribution in [0.4, 0.5) is 0 Å². The fourth-order valence-electron chi connectivity index (χ4n) is 1.86. The van der Waals surface area contributed by atoms with Crippen LogP contribution in [0.25, 0.3) is 0 Å². The molecule has 1 aliphatic rings. The minimum Gasteiger partial charge on any atom is -0.389 e. The van der Waals surface area contributed by atoms with Gasteiger partial charge in [0.2, 0.25) is 0 Å². The van der Waals surface area contributed by atoms with Crippen LogP contribution in [0, 0.1) is 0 Å². The zero-order chi connectivity index (χ0) is 11.9. The maximum atomic E-state index is 9.71. The molecule has 2 N–H and O–H groups in total. The average Bonchev–Trinajstić information content (AvgIpc) is 2.28. The van der Waals surface area contributed by atoms with Gasteiger partial charge in [0.25, 0.3) is 0 Å². The van der Waals surface area contributed by atoms with Gasteiger partial charge in [-0.05, 0) is 18.4 Å². The second-order valence-corrected chi connectivity index (χ2v) is 4.69. The number of benzene rings is 1. The largest absolute Gasteiger partial charge is 0.389 e. The van der Waals surface area contributed by atoms with E-state index in [-0.39, 0.29) is 0 Å². The van der Waals surface area contributed by atoms with Gasteiger partial charge in [0.15, 0.2) is 0 Å². The number of hydrogen-bond acceptors (Lipinski definition) is 3. The van der Waals surface area contributed by atoms with Gasteiger partial charge < -0.3 is 15.2 Å². The van der Waals surface area contributed by atoms with Crippen molar-refractivity contribution in [2.24, 2.45) is 0 Å². The molecule has 3 heteroatoms. The van der Waals surface area contributed by atoms with Crippen LogP contribution in [0.5, 0.6) is 0 Å². The summed E-state index contributed by atoms with van der Waals surface area (Å²) < 4.78 is 5.48. The zero-order valence-corrected chi connectivity index (χ0v) is 10.1. The fourth-order valence-corrected chi connectivity index (χ4v) is 1.86. The van der Waals surface area contributed by atoms with Crippen molar-refractivity contribution >= 4 is 0 Å². The predicted molar refractivity (Wildman–Crippen MR) is 67.7 cm³/mol. The van der Waals surface area contributed by atoms with Crippen molar-refractivity contribution in [2.75, 3.05) is 13.2 Å². The summed E-state index contributed by atoms with van der Waals surface area (Å²) in [6, 6.07) is 10.7. The monoisotopic (exact) mass is 235 g/mol. The Labute approximate surface area is 103 Å². The Kier molecular flexibility index (Phi) is 4.98. The van der Waals surface area contributed by atoms with E-state index in [9.17, 15) is 5.11 Å². The van der Waals surface area contributed by atoms with Crippen molar-refractivity contribution in [3.63, 3.8) is 0 Å². The van der Waals surface area contributed by atoms with Crippen LogP contribution in [0.2, 0.25) is 0 Å². The molecule has 1 aromatic carbocycles. The molecule has 0 heterocycles. The van der Waals surface area contributed by atoms with Crippen LogP contribution < -0.4 is 5.32 Å². The molecule has 1 aromatic rings. The highest BCUT2D eigenvalue weighted by Gasteiger charge is 2.17. The van der Waals surface area contributed by atoms with E-state index < -0.39 is 6.10 Å². The van der Waals surface area contributed by atoms with Crippen molar-refractivity contribution in [3.8, 4) is 0 Å². The van der Waals surface area contributed by atoms with Crippen molar-refractivity contribution < 1.29 is 9.84 Å². The molecule has 1 saturated carbocycles. The molecule has 2 rings (SSSR count). The molecule has 0 saturated heterocycles. The Morgan fingerprint density at radius 2 is 2.06 bits per heavy atom. The van der Waals surface area contributed by atoms with Gasteiger partial charge in [-0.25, -0.2) is 0 Å². The summed E-state index contributed by atoms with van der Waals surface area (Å²) >= 11 is 0. The highest BCUT2D eigenvalue weighted by molar-refractivity contribution is 5.13. The molecule has 0 aromatic heterocycles. The van der Waals surface area contributed by atoms with Gasteiger partial charge in [0.05, 0.1) is 19.3 Å². The van der Waals surface area contributed by atoms with E-state index in [1.807, 2.05) is 30.3 Å². The number of aliphatic hydroxyl groups excluding tert-OH is 1. The Hall–Kier alpha value is -0.900. The molecule has 0 bridgehead atoms. The number of rotatable bonds is 7. The quantitative estimate of drug-likeness (QED) is 0.756.